The molecule has 0 aromatic carbocycles. The predicted molar refractivity (Wildman–Crippen MR) is 103 cm³/mol. The van der Waals surface area contributed by atoms with Crippen molar-refractivity contribution in [1.82, 2.24) is 15.1 Å². The lowest BCUT2D eigenvalue weighted by Crippen LogP contribution is -2.53. The maximum absolute atomic E-state index is 13.4. The van der Waals surface area contributed by atoms with Gasteiger partial charge in [-0.1, -0.05) is 12.8 Å². The average Bonchev–Trinajstić information content (AvgIpc) is 3.06. The number of rotatable bonds is 3. The molecule has 5 heteroatoms. The van der Waals surface area contributed by atoms with Crippen LogP contribution in [0.4, 0.5) is 0 Å². The first-order valence-electron chi connectivity index (χ1n) is 10.9. The molecule has 1 amide bonds. The van der Waals surface area contributed by atoms with Crippen molar-refractivity contribution >= 4 is 5.91 Å². The molecular formula is C21H37N3O2. The highest BCUT2D eigenvalue weighted by atomic mass is 16.5. The Morgan fingerprint density at radius 2 is 1.85 bits per heavy atom. The number of nitrogens with zero attached hydrogens (tertiary/aromatic N) is 2. The molecule has 1 saturated carbocycles. The fraction of sp³-hybridized carbons (Fsp3) is 0.952. The predicted octanol–water partition coefficient (Wildman–Crippen LogP) is 2.11. The van der Waals surface area contributed by atoms with Crippen molar-refractivity contribution < 1.29 is 9.53 Å². The van der Waals surface area contributed by atoms with Gasteiger partial charge in [0.05, 0.1) is 17.6 Å². The van der Waals surface area contributed by atoms with Crippen LogP contribution in [0.15, 0.2) is 0 Å². The van der Waals surface area contributed by atoms with E-state index in [1.807, 2.05) is 0 Å². The van der Waals surface area contributed by atoms with Crippen LogP contribution in [0.25, 0.3) is 0 Å². The van der Waals surface area contributed by atoms with Crippen molar-refractivity contribution in [3.05, 3.63) is 0 Å². The van der Waals surface area contributed by atoms with Crippen LogP contribution >= 0.6 is 0 Å². The van der Waals surface area contributed by atoms with Crippen molar-refractivity contribution in [3.63, 3.8) is 0 Å². The molecule has 0 radical (unpaired) electrons. The Balaban J connectivity index is 1.30. The zero-order valence-corrected chi connectivity index (χ0v) is 16.7. The highest BCUT2D eigenvalue weighted by molar-refractivity contribution is 5.84. The summed E-state index contributed by atoms with van der Waals surface area (Å²) in [5, 5.41) is 3.53. The van der Waals surface area contributed by atoms with Crippen LogP contribution in [-0.2, 0) is 9.53 Å². The normalized spacial score (nSPS) is 39.8. The molecule has 0 bridgehead atoms. The zero-order valence-electron chi connectivity index (χ0n) is 16.7. The van der Waals surface area contributed by atoms with E-state index in [0.717, 1.165) is 51.6 Å². The lowest BCUT2D eigenvalue weighted by Gasteiger charge is -2.44. The SMILES string of the molecule is CC1CN(CC2CCN(C(=O)[C@@]34CCCC[C@H]3CNC4)CC2)CC(C)O1. The molecule has 5 nitrogen and oxygen atoms in total. The molecule has 26 heavy (non-hydrogen) atoms. The highest BCUT2D eigenvalue weighted by Gasteiger charge is 2.51. The van der Waals surface area contributed by atoms with Gasteiger partial charge in [-0.05, 0) is 57.9 Å². The second-order valence-corrected chi connectivity index (χ2v) is 9.44. The summed E-state index contributed by atoms with van der Waals surface area (Å²) in [5.74, 6) is 1.79. The van der Waals surface area contributed by atoms with Gasteiger partial charge in [0.2, 0.25) is 5.91 Å². The van der Waals surface area contributed by atoms with Crippen LogP contribution in [0, 0.1) is 17.3 Å². The summed E-state index contributed by atoms with van der Waals surface area (Å²) in [6.45, 7) is 11.5. The van der Waals surface area contributed by atoms with E-state index in [0.29, 0.717) is 24.0 Å². The monoisotopic (exact) mass is 363 g/mol. The highest BCUT2D eigenvalue weighted by Crippen LogP contribution is 2.45. The van der Waals surface area contributed by atoms with Crippen molar-refractivity contribution in [1.29, 1.82) is 0 Å². The van der Waals surface area contributed by atoms with E-state index in [1.165, 1.54) is 38.6 Å². The molecule has 4 aliphatic rings. The number of likely N-dealkylation sites (tertiary alicyclic amines) is 1. The van der Waals surface area contributed by atoms with Gasteiger partial charge in [0.25, 0.3) is 0 Å². The quantitative estimate of drug-likeness (QED) is 0.834. The van der Waals surface area contributed by atoms with Crippen molar-refractivity contribution in [2.75, 3.05) is 45.8 Å². The molecule has 3 saturated heterocycles. The minimum Gasteiger partial charge on any atom is -0.373 e. The topological polar surface area (TPSA) is 44.8 Å². The summed E-state index contributed by atoms with van der Waals surface area (Å²) >= 11 is 0. The molecule has 4 atom stereocenters. The summed E-state index contributed by atoms with van der Waals surface area (Å²) in [6, 6.07) is 0. The number of piperidine rings is 1. The molecule has 1 N–H and O–H groups in total. The van der Waals surface area contributed by atoms with Gasteiger partial charge in [0, 0.05) is 39.3 Å². The lowest BCUT2D eigenvalue weighted by atomic mass is 9.67. The van der Waals surface area contributed by atoms with E-state index in [-0.39, 0.29) is 5.41 Å². The second kappa shape index (κ2) is 7.76. The van der Waals surface area contributed by atoms with E-state index < -0.39 is 0 Å². The summed E-state index contributed by atoms with van der Waals surface area (Å²) in [7, 11) is 0. The Hall–Kier alpha value is -0.650. The largest absolute Gasteiger partial charge is 0.373 e. The van der Waals surface area contributed by atoms with Crippen LogP contribution in [-0.4, -0.2) is 73.7 Å². The fourth-order valence-corrected chi connectivity index (χ4v) is 6.10. The van der Waals surface area contributed by atoms with E-state index in [4.69, 9.17) is 4.74 Å². The molecular weight excluding hydrogens is 326 g/mol. The lowest BCUT2D eigenvalue weighted by molar-refractivity contribution is -0.147. The second-order valence-electron chi connectivity index (χ2n) is 9.44. The Bertz CT molecular complexity index is 495. The Morgan fingerprint density at radius 3 is 2.58 bits per heavy atom. The number of hydrogen-bond donors (Lipinski definition) is 1. The Kier molecular flexibility index (Phi) is 5.58. The number of carbonyl (C=O) groups excluding carboxylic acids is 1. The molecule has 1 aliphatic carbocycles. The standard InChI is InChI=1S/C21H37N3O2/c1-16-12-23(13-17(2)26-16)14-18-6-9-24(10-7-18)20(25)21-8-4-3-5-19(21)11-22-15-21/h16-19,22H,3-15H2,1-2H3/t16?,17?,19-,21+/m0/s1. The van der Waals surface area contributed by atoms with Gasteiger partial charge in [-0.15, -0.1) is 0 Å². The third kappa shape index (κ3) is 3.67. The Morgan fingerprint density at radius 1 is 1.12 bits per heavy atom. The molecule has 3 heterocycles. The van der Waals surface area contributed by atoms with Gasteiger partial charge >= 0.3 is 0 Å². The van der Waals surface area contributed by atoms with Gasteiger partial charge in [0.15, 0.2) is 0 Å². The van der Waals surface area contributed by atoms with Gasteiger partial charge in [0.1, 0.15) is 0 Å². The van der Waals surface area contributed by atoms with Crippen LogP contribution in [0.3, 0.4) is 0 Å². The van der Waals surface area contributed by atoms with Crippen molar-refractivity contribution in [2.24, 2.45) is 17.3 Å². The number of morpholine rings is 1. The summed E-state index contributed by atoms with van der Waals surface area (Å²) in [5.41, 5.74) is -0.0693. The van der Waals surface area contributed by atoms with Crippen molar-refractivity contribution in [3.8, 4) is 0 Å². The fourth-order valence-electron chi connectivity index (χ4n) is 6.10. The van der Waals surface area contributed by atoms with Crippen LogP contribution in [0.2, 0.25) is 0 Å². The molecule has 0 aromatic heterocycles. The molecule has 2 unspecified atom stereocenters. The summed E-state index contributed by atoms with van der Waals surface area (Å²) in [4.78, 5) is 18.2. The first-order valence-corrected chi connectivity index (χ1v) is 10.9. The van der Waals surface area contributed by atoms with Gasteiger partial charge in [-0.3, -0.25) is 9.69 Å². The first kappa shape index (κ1) is 18.7. The Labute approximate surface area is 158 Å². The van der Waals surface area contributed by atoms with Crippen LogP contribution in [0.5, 0.6) is 0 Å². The number of carbonyl (C=O) groups is 1. The van der Waals surface area contributed by atoms with E-state index >= 15 is 0 Å². The number of amides is 1. The molecule has 148 valence electrons. The maximum atomic E-state index is 13.4. The number of ether oxygens (including phenoxy) is 1. The third-order valence-electron chi connectivity index (χ3n) is 7.38. The minimum atomic E-state index is -0.0693. The third-order valence-corrected chi connectivity index (χ3v) is 7.38. The van der Waals surface area contributed by atoms with E-state index in [9.17, 15) is 4.79 Å². The zero-order chi connectivity index (χ0) is 18.1. The minimum absolute atomic E-state index is 0.0693. The van der Waals surface area contributed by atoms with Gasteiger partial charge in [-0.2, -0.15) is 0 Å². The number of nitrogens with one attached hydrogen (secondary N) is 1. The van der Waals surface area contributed by atoms with Gasteiger partial charge < -0.3 is 15.0 Å². The average molecular weight is 364 g/mol. The van der Waals surface area contributed by atoms with Crippen molar-refractivity contribution in [2.45, 2.75) is 64.6 Å². The first-order chi connectivity index (χ1) is 12.6. The molecule has 4 fully saturated rings. The maximum Gasteiger partial charge on any atom is 0.230 e. The van der Waals surface area contributed by atoms with E-state index in [1.54, 1.807) is 0 Å². The smallest absolute Gasteiger partial charge is 0.230 e. The molecule has 4 rings (SSSR count). The molecule has 0 aromatic rings. The van der Waals surface area contributed by atoms with Crippen LogP contribution < -0.4 is 5.32 Å². The number of fused-ring (bicyclic) bond motifs is 1. The van der Waals surface area contributed by atoms with Gasteiger partial charge in [-0.25, -0.2) is 0 Å². The summed E-state index contributed by atoms with van der Waals surface area (Å²) in [6.07, 6.45) is 7.90. The van der Waals surface area contributed by atoms with Crippen LogP contribution in [0.1, 0.15) is 52.4 Å². The summed E-state index contributed by atoms with van der Waals surface area (Å²) < 4.78 is 5.86. The molecule has 0 spiro atoms. The number of hydrogen-bond acceptors (Lipinski definition) is 4. The van der Waals surface area contributed by atoms with E-state index in [2.05, 4.69) is 29.0 Å². The molecule has 3 aliphatic heterocycles.